The van der Waals surface area contributed by atoms with Crippen molar-refractivity contribution in [3.8, 4) is 10.4 Å². The molecule has 2 amide bonds. The zero-order valence-electron chi connectivity index (χ0n) is 19.0. The second-order valence-electron chi connectivity index (χ2n) is 8.02. The molecule has 4 aromatic heterocycles. The lowest BCUT2D eigenvalue weighted by molar-refractivity contribution is -0.116. The lowest BCUT2D eigenvalue weighted by atomic mass is 10.1. The van der Waals surface area contributed by atoms with Gasteiger partial charge in [0.25, 0.3) is 5.91 Å². The summed E-state index contributed by atoms with van der Waals surface area (Å²) < 4.78 is 3.56. The van der Waals surface area contributed by atoms with Gasteiger partial charge in [0, 0.05) is 30.6 Å². The summed E-state index contributed by atoms with van der Waals surface area (Å²) in [5.41, 5.74) is 4.28. The number of fused-ring (bicyclic) bond motifs is 2. The summed E-state index contributed by atoms with van der Waals surface area (Å²) in [5, 5.41) is 15.5. The number of amides is 2. The van der Waals surface area contributed by atoms with Crippen molar-refractivity contribution in [2.24, 2.45) is 7.05 Å². The maximum atomic E-state index is 13.2. The molecular weight excluding hydrogens is 450 g/mol. The second-order valence-corrected chi connectivity index (χ2v) is 9.05. The topological polar surface area (TPSA) is 106 Å². The van der Waals surface area contributed by atoms with Gasteiger partial charge in [-0.15, -0.1) is 11.3 Å². The van der Waals surface area contributed by atoms with Crippen LogP contribution < -0.4 is 10.6 Å². The molecule has 0 aliphatic heterocycles. The molecule has 0 aliphatic rings. The van der Waals surface area contributed by atoms with Gasteiger partial charge in [-0.2, -0.15) is 10.2 Å². The fourth-order valence-corrected chi connectivity index (χ4v) is 4.92. The number of benzene rings is 1. The molecule has 0 radical (unpaired) electrons. The molecule has 0 aliphatic carbocycles. The van der Waals surface area contributed by atoms with E-state index in [4.69, 9.17) is 0 Å². The molecule has 34 heavy (non-hydrogen) atoms. The average Bonchev–Trinajstić information content (AvgIpc) is 3.50. The molecule has 0 spiro atoms. The second kappa shape index (κ2) is 8.71. The van der Waals surface area contributed by atoms with Gasteiger partial charge in [-0.1, -0.05) is 19.1 Å². The first-order valence-corrected chi connectivity index (χ1v) is 11.7. The number of nitrogens with one attached hydrogen (secondary N) is 2. The molecule has 5 aromatic rings. The van der Waals surface area contributed by atoms with Crippen LogP contribution >= 0.6 is 11.3 Å². The van der Waals surface area contributed by atoms with E-state index in [1.54, 1.807) is 29.9 Å². The van der Waals surface area contributed by atoms with E-state index in [9.17, 15) is 9.59 Å². The fourth-order valence-electron chi connectivity index (χ4n) is 3.83. The summed E-state index contributed by atoms with van der Waals surface area (Å²) >= 11 is 1.50. The molecular formula is C24H23N7O2S. The van der Waals surface area contributed by atoms with Crippen molar-refractivity contribution < 1.29 is 9.59 Å². The number of hydrogen-bond donors (Lipinski definition) is 2. The minimum Gasteiger partial charge on any atom is -0.325 e. The Kier molecular flexibility index (Phi) is 5.58. The standard InChI is InChI=1S/C24H23N7O2S/c1-4-6-22(32)28-15-9-19(14(2)25-10-15)29-23(33)18-12-27-31-13-21(34-24(18)31)16-7-5-8-20-17(16)11-26-30(20)3/h5,7-13H,4,6H2,1-3H3,(H,28,32)(H,29,33). The number of pyridine rings is 1. The number of rotatable bonds is 6. The summed E-state index contributed by atoms with van der Waals surface area (Å²) in [6.45, 7) is 3.75. The Hall–Kier alpha value is -4.05. The Morgan fingerprint density at radius 3 is 2.79 bits per heavy atom. The van der Waals surface area contributed by atoms with Gasteiger partial charge in [0.15, 0.2) is 0 Å². The SMILES string of the molecule is CCCC(=O)Nc1cnc(C)c(NC(=O)c2cnn3cc(-c4cccc5c4cnn5C)sc23)c1. The van der Waals surface area contributed by atoms with Crippen LogP contribution in [-0.4, -0.2) is 36.2 Å². The number of aryl methyl sites for hydroxylation is 2. The predicted octanol–water partition coefficient (Wildman–Crippen LogP) is 4.64. The van der Waals surface area contributed by atoms with Crippen LogP contribution in [0.3, 0.4) is 0 Å². The molecule has 5 rings (SSSR count). The normalized spacial score (nSPS) is 11.3. The van der Waals surface area contributed by atoms with Crippen molar-refractivity contribution in [1.82, 2.24) is 24.4 Å². The van der Waals surface area contributed by atoms with Gasteiger partial charge in [0.2, 0.25) is 5.91 Å². The van der Waals surface area contributed by atoms with Gasteiger partial charge in [-0.3, -0.25) is 19.3 Å². The van der Waals surface area contributed by atoms with Crippen molar-refractivity contribution in [1.29, 1.82) is 0 Å². The number of carbonyl (C=O) groups is 2. The third kappa shape index (κ3) is 3.92. The van der Waals surface area contributed by atoms with Gasteiger partial charge >= 0.3 is 0 Å². The summed E-state index contributed by atoms with van der Waals surface area (Å²) in [4.78, 5) is 31.1. The molecule has 172 valence electrons. The van der Waals surface area contributed by atoms with Gasteiger partial charge in [-0.05, 0) is 25.5 Å². The minimum absolute atomic E-state index is 0.0847. The highest BCUT2D eigenvalue weighted by atomic mass is 32.1. The Labute approximate surface area is 199 Å². The van der Waals surface area contributed by atoms with Crippen molar-refractivity contribution in [3.05, 3.63) is 60.3 Å². The molecule has 0 saturated heterocycles. The Morgan fingerprint density at radius 1 is 1.12 bits per heavy atom. The number of nitrogens with zero attached hydrogens (tertiary/aromatic N) is 5. The summed E-state index contributed by atoms with van der Waals surface area (Å²) in [6, 6.07) is 7.79. The van der Waals surface area contributed by atoms with E-state index in [-0.39, 0.29) is 11.8 Å². The monoisotopic (exact) mass is 473 g/mol. The maximum absolute atomic E-state index is 13.2. The number of hydrogen-bond acceptors (Lipinski definition) is 6. The van der Waals surface area contributed by atoms with E-state index in [0.717, 1.165) is 32.6 Å². The third-order valence-electron chi connectivity index (χ3n) is 5.59. The lowest BCUT2D eigenvalue weighted by Gasteiger charge is -2.10. The van der Waals surface area contributed by atoms with Crippen molar-refractivity contribution in [3.63, 3.8) is 0 Å². The average molecular weight is 474 g/mol. The number of carbonyl (C=O) groups excluding carboxylic acids is 2. The Morgan fingerprint density at radius 2 is 1.97 bits per heavy atom. The van der Waals surface area contributed by atoms with E-state index >= 15 is 0 Å². The van der Waals surface area contributed by atoms with Crippen LogP contribution in [0.2, 0.25) is 0 Å². The minimum atomic E-state index is -0.287. The molecule has 4 heterocycles. The smallest absolute Gasteiger partial charge is 0.260 e. The van der Waals surface area contributed by atoms with E-state index in [0.29, 0.717) is 29.1 Å². The molecule has 0 fully saturated rings. The van der Waals surface area contributed by atoms with E-state index in [2.05, 4.69) is 25.8 Å². The number of anilines is 2. The van der Waals surface area contributed by atoms with Crippen LogP contribution in [-0.2, 0) is 11.8 Å². The van der Waals surface area contributed by atoms with Crippen LogP contribution in [0.25, 0.3) is 26.2 Å². The Bertz CT molecular complexity index is 1550. The predicted molar refractivity (Wildman–Crippen MR) is 133 cm³/mol. The van der Waals surface area contributed by atoms with Gasteiger partial charge in [0.1, 0.15) is 4.83 Å². The largest absolute Gasteiger partial charge is 0.325 e. The molecule has 1 aromatic carbocycles. The first kappa shape index (κ1) is 21.8. The van der Waals surface area contributed by atoms with Crippen molar-refractivity contribution in [2.75, 3.05) is 10.6 Å². The van der Waals surface area contributed by atoms with Crippen LogP contribution in [0.1, 0.15) is 35.8 Å². The van der Waals surface area contributed by atoms with Crippen LogP contribution in [0.4, 0.5) is 11.4 Å². The summed E-state index contributed by atoms with van der Waals surface area (Å²) in [6.07, 6.45) is 8.10. The zero-order chi connectivity index (χ0) is 23.8. The fraction of sp³-hybridized carbons (Fsp3) is 0.208. The lowest BCUT2D eigenvalue weighted by Crippen LogP contribution is -2.15. The molecule has 2 N–H and O–H groups in total. The quantitative estimate of drug-likeness (QED) is 0.374. The van der Waals surface area contributed by atoms with Gasteiger partial charge < -0.3 is 10.6 Å². The molecule has 0 unspecified atom stereocenters. The highest BCUT2D eigenvalue weighted by Crippen LogP contribution is 2.35. The van der Waals surface area contributed by atoms with Gasteiger partial charge in [-0.25, -0.2) is 4.52 Å². The van der Waals surface area contributed by atoms with Crippen LogP contribution in [0.15, 0.2) is 49.1 Å². The van der Waals surface area contributed by atoms with Gasteiger partial charge in [0.05, 0.1) is 51.6 Å². The highest BCUT2D eigenvalue weighted by molar-refractivity contribution is 7.21. The van der Waals surface area contributed by atoms with E-state index in [1.807, 2.05) is 49.2 Å². The molecule has 9 nitrogen and oxygen atoms in total. The van der Waals surface area contributed by atoms with Crippen molar-refractivity contribution in [2.45, 2.75) is 26.7 Å². The first-order chi connectivity index (χ1) is 16.4. The summed E-state index contributed by atoms with van der Waals surface area (Å²) in [5.74, 6) is -0.372. The maximum Gasteiger partial charge on any atom is 0.260 e. The van der Waals surface area contributed by atoms with Crippen LogP contribution in [0.5, 0.6) is 0 Å². The van der Waals surface area contributed by atoms with Crippen molar-refractivity contribution >= 4 is 50.3 Å². The van der Waals surface area contributed by atoms with E-state index in [1.165, 1.54) is 11.3 Å². The van der Waals surface area contributed by atoms with Crippen LogP contribution in [0, 0.1) is 6.92 Å². The molecule has 10 heteroatoms. The summed E-state index contributed by atoms with van der Waals surface area (Å²) in [7, 11) is 1.91. The first-order valence-electron chi connectivity index (χ1n) is 10.9. The molecule has 0 bridgehead atoms. The number of thiazole rings is 1. The Balaban J connectivity index is 1.44. The van der Waals surface area contributed by atoms with E-state index < -0.39 is 0 Å². The highest BCUT2D eigenvalue weighted by Gasteiger charge is 2.19. The molecule has 0 saturated carbocycles. The molecule has 0 atom stereocenters. The third-order valence-corrected chi connectivity index (χ3v) is 6.74. The number of aromatic nitrogens is 5. The zero-order valence-corrected chi connectivity index (χ0v) is 19.8.